The fourth-order valence-corrected chi connectivity index (χ4v) is 10.3. The molecule has 3 atom stereocenters. The fraction of sp³-hybridized carbons (Fsp3) is 0.707. The van der Waals surface area contributed by atoms with Gasteiger partial charge in [0.15, 0.2) is 0 Å². The van der Waals surface area contributed by atoms with Crippen LogP contribution in [-0.4, -0.2) is 69.4 Å². The number of likely N-dealkylation sites (N-methyl/N-ethyl adjacent to an activating group) is 1. The number of amides is 1. The summed E-state index contributed by atoms with van der Waals surface area (Å²) in [6.07, 6.45) is 88.8. The average molecular weight is 1200 g/mol. The van der Waals surface area contributed by atoms with Crippen molar-refractivity contribution in [3.8, 4) is 0 Å². The van der Waals surface area contributed by atoms with Crippen LogP contribution < -0.4 is 10.2 Å². The summed E-state index contributed by atoms with van der Waals surface area (Å²) >= 11 is 0. The largest absolute Gasteiger partial charge is 0.756 e. The highest BCUT2D eigenvalue weighted by molar-refractivity contribution is 7.45. The first kappa shape index (κ1) is 81.4. The van der Waals surface area contributed by atoms with Crippen LogP contribution in [0, 0.1) is 0 Å². The van der Waals surface area contributed by atoms with E-state index in [-0.39, 0.29) is 24.9 Å². The molecule has 0 bridgehead atoms. The first-order valence-corrected chi connectivity index (χ1v) is 36.3. The summed E-state index contributed by atoms with van der Waals surface area (Å²) in [5.41, 5.74) is 0. The quantitative estimate of drug-likeness (QED) is 0.0212. The van der Waals surface area contributed by atoms with Gasteiger partial charge in [0.2, 0.25) is 5.91 Å². The minimum Gasteiger partial charge on any atom is -0.756 e. The van der Waals surface area contributed by atoms with Crippen molar-refractivity contribution in [2.45, 2.75) is 303 Å². The van der Waals surface area contributed by atoms with Crippen molar-refractivity contribution in [3.63, 3.8) is 0 Å². The van der Waals surface area contributed by atoms with Gasteiger partial charge in [-0.2, -0.15) is 0 Å². The minimum atomic E-state index is -4.72. The van der Waals surface area contributed by atoms with Gasteiger partial charge >= 0.3 is 5.97 Å². The Bertz CT molecular complexity index is 1870. The molecule has 3 unspecified atom stereocenters. The molecule has 85 heavy (non-hydrogen) atoms. The number of nitrogens with zero attached hydrogens (tertiary/aromatic N) is 1. The van der Waals surface area contributed by atoms with Crippen LogP contribution in [0.5, 0.6) is 0 Å². The number of phosphoric acid groups is 1. The molecule has 1 amide bonds. The van der Waals surface area contributed by atoms with Crippen molar-refractivity contribution in [2.24, 2.45) is 0 Å². The van der Waals surface area contributed by atoms with Gasteiger partial charge in [-0.1, -0.05) is 277 Å². The zero-order chi connectivity index (χ0) is 62.1. The standard InChI is InChI=1S/C75H131N2O7P/c1-7-10-13-16-19-22-25-27-29-31-33-35-37-38-40-42-44-46-48-50-53-56-59-62-65-68-75(79)84-73(66-63-60-57-54-51-24-21-18-15-12-9-3)72(71-83-85(80,81)82-70-69-77(4,5)6)76-74(78)67-64-61-58-55-52-49-47-45-43-41-39-36-34-32-30-28-26-23-20-17-14-11-8-2/h10,13,19-20,22-23,27-30,33-36,38,40-41,43,63,66,72-73H,7-9,11-12,14-18,21,24-26,31-32,37,39,42,44-62,64-65,67-71H2,1-6H3,(H-,76,78,80,81)/b13-10-,22-19-,23-20-,29-27-,30-28-,35-33-,36-34-,40-38-,43-41-,66-63+. The SMILES string of the molecule is CC/C=C\C/C=C\C/C=C\C/C=C\C/C=C\CCCCCCCCCCCC(=O)OC(/C=C/CCCCCCCCCCC)C(COP(=O)([O-])OCC[N+](C)(C)C)NC(=O)CCCCCCCCC/C=C\C/C=C\C/C=C\C/C=C\CCCCC. The maximum Gasteiger partial charge on any atom is 0.306 e. The molecule has 0 saturated heterocycles. The number of unbranched alkanes of at least 4 members (excludes halogenated alkanes) is 28. The van der Waals surface area contributed by atoms with Crippen LogP contribution in [0.1, 0.15) is 290 Å². The molecule has 0 fully saturated rings. The number of hydrogen-bond acceptors (Lipinski definition) is 7. The van der Waals surface area contributed by atoms with Gasteiger partial charge in [0, 0.05) is 12.8 Å². The minimum absolute atomic E-state index is 0.0316. The molecule has 0 spiro atoms. The molecule has 9 nitrogen and oxygen atoms in total. The Hall–Kier alpha value is -3.59. The lowest BCUT2D eigenvalue weighted by atomic mass is 10.0. The maximum absolute atomic E-state index is 13.6. The summed E-state index contributed by atoms with van der Waals surface area (Å²) < 4.78 is 30.4. The maximum atomic E-state index is 13.6. The number of quaternary nitrogens is 1. The number of carbonyl (C=O) groups is 2. The molecule has 0 radical (unpaired) electrons. The van der Waals surface area contributed by atoms with E-state index in [1.807, 2.05) is 33.3 Å². The van der Waals surface area contributed by atoms with E-state index < -0.39 is 26.6 Å². The van der Waals surface area contributed by atoms with Gasteiger partial charge < -0.3 is 28.5 Å². The summed E-state index contributed by atoms with van der Waals surface area (Å²) in [5.74, 6) is -0.564. The third-order valence-electron chi connectivity index (χ3n) is 14.9. The molecule has 0 rings (SSSR count). The Labute approximate surface area is 524 Å². The second-order valence-electron chi connectivity index (χ2n) is 24.3. The molecular formula is C75H131N2O7P. The predicted octanol–water partition coefficient (Wildman–Crippen LogP) is 21.6. The van der Waals surface area contributed by atoms with Crippen LogP contribution in [0.4, 0.5) is 0 Å². The second-order valence-corrected chi connectivity index (χ2v) is 25.7. The van der Waals surface area contributed by atoms with Crippen molar-refractivity contribution in [3.05, 3.63) is 122 Å². The summed E-state index contributed by atoms with van der Waals surface area (Å²) in [4.78, 5) is 40.2. The molecule has 488 valence electrons. The van der Waals surface area contributed by atoms with Gasteiger partial charge in [-0.3, -0.25) is 14.2 Å². The van der Waals surface area contributed by atoms with Crippen molar-refractivity contribution in [1.82, 2.24) is 5.32 Å². The zero-order valence-corrected chi connectivity index (χ0v) is 56.7. The Balaban J connectivity index is 5.11. The first-order chi connectivity index (χ1) is 41.4. The van der Waals surface area contributed by atoms with E-state index in [1.54, 1.807) is 0 Å². The van der Waals surface area contributed by atoms with Crippen molar-refractivity contribution >= 4 is 19.7 Å². The van der Waals surface area contributed by atoms with Crippen LogP contribution in [0.3, 0.4) is 0 Å². The summed E-state index contributed by atoms with van der Waals surface area (Å²) in [5, 5.41) is 3.03. The van der Waals surface area contributed by atoms with Crippen LogP contribution >= 0.6 is 7.82 Å². The van der Waals surface area contributed by atoms with E-state index in [2.05, 4.69) is 135 Å². The lowest BCUT2D eigenvalue weighted by Gasteiger charge is -2.30. The number of hydrogen-bond donors (Lipinski definition) is 1. The Morgan fingerprint density at radius 1 is 0.424 bits per heavy atom. The van der Waals surface area contributed by atoms with Gasteiger partial charge in [-0.25, -0.2) is 0 Å². The van der Waals surface area contributed by atoms with Gasteiger partial charge in [-0.15, -0.1) is 0 Å². The Morgan fingerprint density at radius 2 is 0.753 bits per heavy atom. The topological polar surface area (TPSA) is 114 Å². The van der Waals surface area contributed by atoms with E-state index in [1.165, 1.54) is 122 Å². The van der Waals surface area contributed by atoms with Crippen molar-refractivity contribution in [2.75, 3.05) is 40.9 Å². The van der Waals surface area contributed by atoms with Gasteiger partial charge in [-0.05, 0) is 122 Å². The molecule has 0 saturated carbocycles. The Morgan fingerprint density at radius 3 is 1.15 bits per heavy atom. The third kappa shape index (κ3) is 64.7. The molecule has 0 aliphatic heterocycles. The highest BCUT2D eigenvalue weighted by Crippen LogP contribution is 2.38. The molecule has 0 heterocycles. The van der Waals surface area contributed by atoms with Crippen LogP contribution in [-0.2, 0) is 27.9 Å². The van der Waals surface area contributed by atoms with Gasteiger partial charge in [0.25, 0.3) is 7.82 Å². The summed E-state index contributed by atoms with van der Waals surface area (Å²) in [7, 11) is 1.16. The highest BCUT2D eigenvalue weighted by atomic mass is 31.2. The van der Waals surface area contributed by atoms with Gasteiger partial charge in [0.05, 0.1) is 33.8 Å². The van der Waals surface area contributed by atoms with E-state index >= 15 is 0 Å². The third-order valence-corrected chi connectivity index (χ3v) is 15.8. The summed E-state index contributed by atoms with van der Waals surface area (Å²) in [6, 6.07) is -0.906. The fourth-order valence-electron chi connectivity index (χ4n) is 9.53. The average Bonchev–Trinajstić information content (AvgIpc) is 3.58. The van der Waals surface area contributed by atoms with Crippen LogP contribution in [0.2, 0.25) is 0 Å². The second kappa shape index (κ2) is 63.4. The van der Waals surface area contributed by atoms with E-state index in [9.17, 15) is 19.0 Å². The van der Waals surface area contributed by atoms with Crippen LogP contribution in [0.15, 0.2) is 122 Å². The first-order valence-electron chi connectivity index (χ1n) is 34.8. The lowest BCUT2D eigenvalue weighted by molar-refractivity contribution is -0.870. The molecule has 0 aromatic heterocycles. The monoisotopic (exact) mass is 1200 g/mol. The van der Waals surface area contributed by atoms with E-state index in [0.29, 0.717) is 17.4 Å². The lowest BCUT2D eigenvalue weighted by Crippen LogP contribution is -2.47. The molecule has 0 aliphatic rings. The number of phosphoric ester groups is 1. The van der Waals surface area contributed by atoms with Crippen molar-refractivity contribution in [1.29, 1.82) is 0 Å². The van der Waals surface area contributed by atoms with E-state index in [0.717, 1.165) is 135 Å². The molecule has 0 aliphatic carbocycles. The molecule has 1 N–H and O–H groups in total. The van der Waals surface area contributed by atoms with Gasteiger partial charge in [0.1, 0.15) is 19.3 Å². The van der Waals surface area contributed by atoms with E-state index in [4.69, 9.17) is 13.8 Å². The Kier molecular flexibility index (Phi) is 60.8. The van der Waals surface area contributed by atoms with Crippen LogP contribution in [0.25, 0.3) is 0 Å². The molecule has 10 heteroatoms. The van der Waals surface area contributed by atoms with Crippen molar-refractivity contribution < 1.29 is 37.3 Å². The number of carbonyl (C=O) groups excluding carboxylic acids is 2. The number of ether oxygens (including phenoxy) is 1. The number of rotatable bonds is 62. The highest BCUT2D eigenvalue weighted by Gasteiger charge is 2.27. The molecule has 0 aromatic rings. The molecule has 0 aromatic carbocycles. The number of allylic oxidation sites excluding steroid dienone is 19. The number of esters is 1. The number of nitrogens with one attached hydrogen (secondary N) is 1. The summed E-state index contributed by atoms with van der Waals surface area (Å²) in [6.45, 7) is 6.69. The molecular weight excluding hydrogens is 1070 g/mol. The predicted molar refractivity (Wildman–Crippen MR) is 367 cm³/mol. The normalized spacial score (nSPS) is 14.3. The smallest absolute Gasteiger partial charge is 0.306 e. The zero-order valence-electron chi connectivity index (χ0n) is 55.8.